The molecule has 2 heterocycles. The highest BCUT2D eigenvalue weighted by atomic mass is 32.2. The minimum absolute atomic E-state index is 0.0170. The van der Waals surface area contributed by atoms with Crippen LogP contribution in [0.15, 0.2) is 35.1 Å². The Morgan fingerprint density at radius 1 is 1.17 bits per heavy atom. The molecule has 30 heavy (non-hydrogen) atoms. The zero-order chi connectivity index (χ0) is 21.1. The Labute approximate surface area is 177 Å². The summed E-state index contributed by atoms with van der Waals surface area (Å²) < 4.78 is 37.3. The van der Waals surface area contributed by atoms with Gasteiger partial charge in [0.1, 0.15) is 12.4 Å². The quantitative estimate of drug-likeness (QED) is 0.668. The highest BCUT2D eigenvalue weighted by Gasteiger charge is 2.28. The van der Waals surface area contributed by atoms with Crippen molar-refractivity contribution in [3.05, 3.63) is 51.9 Å². The first-order valence-corrected chi connectivity index (χ1v) is 12.5. The second-order valence-electron chi connectivity index (χ2n) is 8.11. The summed E-state index contributed by atoms with van der Waals surface area (Å²) in [5.41, 5.74) is 1.28. The second kappa shape index (κ2) is 8.79. The van der Waals surface area contributed by atoms with Gasteiger partial charge in [0, 0.05) is 17.5 Å². The summed E-state index contributed by atoms with van der Waals surface area (Å²) in [6, 6.07) is 9.70. The van der Waals surface area contributed by atoms with Crippen molar-refractivity contribution in [2.75, 3.05) is 12.4 Å². The lowest BCUT2D eigenvalue weighted by molar-refractivity contribution is 0.143. The predicted molar refractivity (Wildman–Crippen MR) is 114 cm³/mol. The molecule has 1 fully saturated rings. The van der Waals surface area contributed by atoms with Gasteiger partial charge < -0.3 is 9.47 Å². The second-order valence-corrected chi connectivity index (χ2v) is 10.5. The van der Waals surface area contributed by atoms with E-state index in [-0.39, 0.29) is 23.6 Å². The van der Waals surface area contributed by atoms with E-state index in [4.69, 9.17) is 9.47 Å². The maximum atomic E-state index is 12.0. The highest BCUT2D eigenvalue weighted by molar-refractivity contribution is 7.90. The van der Waals surface area contributed by atoms with Crippen LogP contribution in [0.5, 0.6) is 11.8 Å². The average Bonchev–Trinajstić information content (AvgIpc) is 3.16. The van der Waals surface area contributed by atoms with Crippen LogP contribution in [0.2, 0.25) is 0 Å². The van der Waals surface area contributed by atoms with Gasteiger partial charge >= 0.3 is 6.01 Å². The number of rotatable bonds is 7. The number of ether oxygens (including phenoxy) is 2. The van der Waals surface area contributed by atoms with Gasteiger partial charge in [-0.3, -0.25) is 9.36 Å². The largest absolute Gasteiger partial charge is 0.490 e. The van der Waals surface area contributed by atoms with Crippen LogP contribution in [0, 0.1) is 0 Å². The molecule has 1 unspecified atom stereocenters. The molecule has 0 N–H and O–H groups in total. The Kier molecular flexibility index (Phi) is 6.13. The minimum atomic E-state index is -3.27. The van der Waals surface area contributed by atoms with Crippen LogP contribution in [-0.4, -0.2) is 36.4 Å². The van der Waals surface area contributed by atoms with Gasteiger partial charge in [0.25, 0.3) is 5.56 Å². The maximum Gasteiger partial charge on any atom is 0.300 e. The van der Waals surface area contributed by atoms with E-state index in [1.807, 2.05) is 12.1 Å². The van der Waals surface area contributed by atoms with Gasteiger partial charge in [-0.05, 0) is 36.5 Å². The molecule has 1 aromatic carbocycles. The van der Waals surface area contributed by atoms with Crippen molar-refractivity contribution < 1.29 is 17.9 Å². The van der Waals surface area contributed by atoms with Crippen molar-refractivity contribution in [1.82, 2.24) is 9.55 Å². The summed E-state index contributed by atoms with van der Waals surface area (Å²) in [5.74, 6) is 1.24. The van der Waals surface area contributed by atoms with Crippen LogP contribution in [0.1, 0.15) is 56.2 Å². The maximum absolute atomic E-state index is 12.0. The third-order valence-corrected chi connectivity index (χ3v) is 7.55. The molecule has 2 aromatic rings. The molecule has 7 nitrogen and oxygen atoms in total. The van der Waals surface area contributed by atoms with E-state index >= 15 is 0 Å². The Balaban J connectivity index is 1.38. The van der Waals surface area contributed by atoms with Gasteiger partial charge in [0.15, 0.2) is 15.9 Å². The number of hydrogen-bond donors (Lipinski definition) is 0. The van der Waals surface area contributed by atoms with E-state index in [1.165, 1.54) is 43.7 Å². The summed E-state index contributed by atoms with van der Waals surface area (Å²) in [6.45, 7) is 2.28. The molecular weight excluding hydrogens is 404 g/mol. The van der Waals surface area contributed by atoms with Crippen LogP contribution in [0.4, 0.5) is 0 Å². The van der Waals surface area contributed by atoms with E-state index in [9.17, 15) is 13.2 Å². The lowest BCUT2D eigenvalue weighted by atomic mass is 9.84. The molecular formula is C22H28N2O5S. The normalized spacial score (nSPS) is 19.3. The third-order valence-electron chi connectivity index (χ3n) is 5.93. The van der Waals surface area contributed by atoms with Crippen molar-refractivity contribution in [2.45, 2.75) is 63.3 Å². The summed E-state index contributed by atoms with van der Waals surface area (Å²) in [5, 5.41) is 0. The van der Waals surface area contributed by atoms with Gasteiger partial charge in [0.05, 0.1) is 12.3 Å². The first-order chi connectivity index (χ1) is 14.4. The summed E-state index contributed by atoms with van der Waals surface area (Å²) >= 11 is 0. The third kappa shape index (κ3) is 4.86. The van der Waals surface area contributed by atoms with Crippen molar-refractivity contribution in [1.29, 1.82) is 0 Å². The standard InChI is InChI=1S/C22H28N2O5S/c1-2-30(26,27)15-18-12-21(25)23-22-24(18)13-20(29-22)14-28-19-10-8-17(9-11-19)16-6-4-3-5-7-16/h8-12,16,20H,2-7,13-15H2,1H3. The Morgan fingerprint density at radius 2 is 1.90 bits per heavy atom. The summed E-state index contributed by atoms with van der Waals surface area (Å²) in [6.07, 6.45) is 6.14. The van der Waals surface area contributed by atoms with Crippen LogP contribution >= 0.6 is 0 Å². The fourth-order valence-electron chi connectivity index (χ4n) is 4.20. The number of fused-ring (bicyclic) bond motifs is 1. The smallest absolute Gasteiger partial charge is 0.300 e. The molecule has 0 amide bonds. The monoisotopic (exact) mass is 432 g/mol. The fourth-order valence-corrected chi connectivity index (χ4v) is 5.09. The van der Waals surface area contributed by atoms with E-state index in [0.29, 0.717) is 24.8 Å². The first kappa shape index (κ1) is 20.9. The highest BCUT2D eigenvalue weighted by Crippen LogP contribution is 2.33. The van der Waals surface area contributed by atoms with Crippen molar-refractivity contribution in [3.63, 3.8) is 0 Å². The molecule has 0 spiro atoms. The first-order valence-electron chi connectivity index (χ1n) is 10.6. The molecule has 8 heteroatoms. The van der Waals surface area contributed by atoms with Crippen molar-refractivity contribution in [2.24, 2.45) is 0 Å². The fraction of sp³-hybridized carbons (Fsp3) is 0.545. The Hall–Kier alpha value is -2.35. The molecule has 1 aliphatic carbocycles. The zero-order valence-corrected chi connectivity index (χ0v) is 18.1. The van der Waals surface area contributed by atoms with Crippen LogP contribution in [0.25, 0.3) is 0 Å². The van der Waals surface area contributed by atoms with Gasteiger partial charge in [-0.15, -0.1) is 0 Å². The van der Waals surface area contributed by atoms with E-state index < -0.39 is 15.4 Å². The zero-order valence-electron chi connectivity index (χ0n) is 17.2. The number of nitrogens with zero attached hydrogens (tertiary/aromatic N) is 2. The van der Waals surface area contributed by atoms with Gasteiger partial charge in [-0.1, -0.05) is 38.3 Å². The lowest BCUT2D eigenvalue weighted by Gasteiger charge is -2.22. The van der Waals surface area contributed by atoms with E-state index in [0.717, 1.165) is 5.75 Å². The summed E-state index contributed by atoms with van der Waals surface area (Å²) in [7, 11) is -3.27. The Bertz CT molecular complexity index is 1040. The molecule has 0 bridgehead atoms. The number of hydrogen-bond acceptors (Lipinski definition) is 6. The average molecular weight is 433 g/mol. The molecule has 0 radical (unpaired) electrons. The molecule has 1 aliphatic heterocycles. The van der Waals surface area contributed by atoms with Crippen LogP contribution < -0.4 is 15.0 Å². The van der Waals surface area contributed by atoms with Crippen LogP contribution in [-0.2, 0) is 22.1 Å². The molecule has 162 valence electrons. The van der Waals surface area contributed by atoms with Gasteiger partial charge in [-0.25, -0.2) is 8.42 Å². The molecule has 4 rings (SSSR count). The van der Waals surface area contributed by atoms with Crippen molar-refractivity contribution in [3.8, 4) is 11.8 Å². The number of sulfone groups is 1. The molecule has 2 aliphatic rings. The number of benzene rings is 1. The van der Waals surface area contributed by atoms with E-state index in [2.05, 4.69) is 17.1 Å². The Morgan fingerprint density at radius 3 is 2.60 bits per heavy atom. The molecule has 1 saturated carbocycles. The van der Waals surface area contributed by atoms with Crippen LogP contribution in [0.3, 0.4) is 0 Å². The topological polar surface area (TPSA) is 87.5 Å². The minimum Gasteiger partial charge on any atom is -0.490 e. The molecule has 0 saturated heterocycles. The summed E-state index contributed by atoms with van der Waals surface area (Å²) in [4.78, 5) is 15.7. The number of aromatic nitrogens is 2. The predicted octanol–water partition coefficient (Wildman–Crippen LogP) is 3.07. The van der Waals surface area contributed by atoms with Gasteiger partial charge in [-0.2, -0.15) is 4.98 Å². The van der Waals surface area contributed by atoms with Gasteiger partial charge in [0.2, 0.25) is 0 Å². The van der Waals surface area contributed by atoms with E-state index in [1.54, 1.807) is 11.5 Å². The van der Waals surface area contributed by atoms with Crippen molar-refractivity contribution >= 4 is 9.84 Å². The molecule has 1 atom stereocenters. The lowest BCUT2D eigenvalue weighted by Crippen LogP contribution is -2.23. The SMILES string of the molecule is CCS(=O)(=O)Cc1cc(=O)nc2n1CC(COc1ccc(C3CCCCC3)cc1)O2. The molecule has 1 aromatic heterocycles.